The summed E-state index contributed by atoms with van der Waals surface area (Å²) < 4.78 is 6.40. The van der Waals surface area contributed by atoms with Crippen molar-refractivity contribution in [2.24, 2.45) is 0 Å². The summed E-state index contributed by atoms with van der Waals surface area (Å²) >= 11 is 0. The normalized spacial score (nSPS) is 10.0. The SMILES string of the molecule is COC(=O)C#Cc1ncnc2c1ncn2Cc1ccccc1. The van der Waals surface area contributed by atoms with Crippen molar-refractivity contribution in [3.63, 3.8) is 0 Å². The minimum Gasteiger partial charge on any atom is -0.459 e. The lowest BCUT2D eigenvalue weighted by molar-refractivity contribution is -0.133. The second-order valence-corrected chi connectivity index (χ2v) is 4.49. The van der Waals surface area contributed by atoms with Gasteiger partial charge in [0.05, 0.1) is 20.0 Å². The van der Waals surface area contributed by atoms with Crippen LogP contribution >= 0.6 is 0 Å². The number of aromatic nitrogens is 4. The molecular formula is C16H12N4O2. The number of imidazole rings is 1. The summed E-state index contributed by atoms with van der Waals surface area (Å²) in [6.45, 7) is 0.651. The first-order valence-corrected chi connectivity index (χ1v) is 6.57. The van der Waals surface area contributed by atoms with E-state index in [1.165, 1.54) is 13.4 Å². The van der Waals surface area contributed by atoms with Crippen molar-refractivity contribution in [3.8, 4) is 11.8 Å². The van der Waals surface area contributed by atoms with Gasteiger partial charge in [0.1, 0.15) is 17.5 Å². The first-order valence-electron chi connectivity index (χ1n) is 6.57. The molecule has 0 saturated carbocycles. The van der Waals surface area contributed by atoms with Crippen molar-refractivity contribution >= 4 is 17.1 Å². The first-order chi connectivity index (χ1) is 10.8. The molecule has 2 heterocycles. The van der Waals surface area contributed by atoms with Gasteiger partial charge in [-0.25, -0.2) is 19.7 Å². The molecule has 1 aromatic carbocycles. The van der Waals surface area contributed by atoms with Gasteiger partial charge in [0.2, 0.25) is 0 Å². The number of carbonyl (C=O) groups excluding carboxylic acids is 1. The van der Waals surface area contributed by atoms with Gasteiger partial charge in [-0.15, -0.1) is 0 Å². The van der Waals surface area contributed by atoms with Crippen LogP contribution in [-0.2, 0) is 16.1 Å². The van der Waals surface area contributed by atoms with Crippen LogP contribution in [0.1, 0.15) is 11.3 Å². The van der Waals surface area contributed by atoms with Crippen LogP contribution in [0.25, 0.3) is 11.2 Å². The van der Waals surface area contributed by atoms with Gasteiger partial charge in [-0.05, 0) is 11.5 Å². The number of hydrogen-bond donors (Lipinski definition) is 0. The van der Waals surface area contributed by atoms with E-state index in [0.717, 1.165) is 5.56 Å². The fourth-order valence-electron chi connectivity index (χ4n) is 2.03. The first kappa shape index (κ1) is 13.8. The number of methoxy groups -OCH3 is 1. The molecular weight excluding hydrogens is 280 g/mol. The number of nitrogens with zero attached hydrogens (tertiary/aromatic N) is 4. The quantitative estimate of drug-likeness (QED) is 0.527. The number of hydrogen-bond acceptors (Lipinski definition) is 5. The maximum absolute atomic E-state index is 11.1. The topological polar surface area (TPSA) is 69.9 Å². The highest BCUT2D eigenvalue weighted by Crippen LogP contribution is 2.14. The van der Waals surface area contributed by atoms with E-state index >= 15 is 0 Å². The highest BCUT2D eigenvalue weighted by Gasteiger charge is 2.09. The molecule has 0 aliphatic heterocycles. The summed E-state index contributed by atoms with van der Waals surface area (Å²) in [6.07, 6.45) is 3.10. The molecule has 0 N–H and O–H groups in total. The Morgan fingerprint density at radius 1 is 1.23 bits per heavy atom. The Balaban J connectivity index is 1.98. The molecule has 22 heavy (non-hydrogen) atoms. The van der Waals surface area contributed by atoms with Gasteiger partial charge in [0.15, 0.2) is 5.65 Å². The van der Waals surface area contributed by atoms with E-state index < -0.39 is 5.97 Å². The van der Waals surface area contributed by atoms with Crippen LogP contribution in [0.3, 0.4) is 0 Å². The smallest absolute Gasteiger partial charge is 0.384 e. The maximum Gasteiger partial charge on any atom is 0.384 e. The lowest BCUT2D eigenvalue weighted by Crippen LogP contribution is -2.00. The molecule has 3 rings (SSSR count). The zero-order chi connectivity index (χ0) is 15.4. The van der Waals surface area contributed by atoms with Crippen molar-refractivity contribution in [2.75, 3.05) is 7.11 Å². The standard InChI is InChI=1S/C16H12N4O2/c1-22-14(21)8-7-13-15-16(18-10-17-13)20(11-19-15)9-12-5-3-2-4-6-12/h2-6,10-11H,9H2,1H3. The van der Waals surface area contributed by atoms with E-state index in [1.54, 1.807) is 6.33 Å². The molecule has 0 aliphatic rings. The zero-order valence-electron chi connectivity index (χ0n) is 11.9. The van der Waals surface area contributed by atoms with Gasteiger partial charge in [0, 0.05) is 5.92 Å². The largest absolute Gasteiger partial charge is 0.459 e. The summed E-state index contributed by atoms with van der Waals surface area (Å²) in [7, 11) is 1.28. The number of esters is 1. The van der Waals surface area contributed by atoms with E-state index in [9.17, 15) is 4.79 Å². The van der Waals surface area contributed by atoms with E-state index in [0.29, 0.717) is 23.4 Å². The molecule has 0 radical (unpaired) electrons. The lowest BCUT2D eigenvalue weighted by Gasteiger charge is -2.03. The second kappa shape index (κ2) is 6.06. The fourth-order valence-corrected chi connectivity index (χ4v) is 2.03. The molecule has 3 aromatic rings. The van der Waals surface area contributed by atoms with Gasteiger partial charge in [-0.3, -0.25) is 0 Å². The van der Waals surface area contributed by atoms with Crippen molar-refractivity contribution in [3.05, 3.63) is 54.2 Å². The predicted octanol–water partition coefficient (Wildman–Crippen LogP) is 1.40. The third-order valence-corrected chi connectivity index (χ3v) is 3.07. The third kappa shape index (κ3) is 2.79. The van der Waals surface area contributed by atoms with Crippen LogP contribution in [0.15, 0.2) is 43.0 Å². The molecule has 0 spiro atoms. The van der Waals surface area contributed by atoms with E-state index in [1.807, 2.05) is 34.9 Å². The number of benzene rings is 1. The number of fused-ring (bicyclic) bond motifs is 1. The summed E-state index contributed by atoms with van der Waals surface area (Å²) in [5, 5.41) is 0. The molecule has 6 nitrogen and oxygen atoms in total. The highest BCUT2D eigenvalue weighted by atomic mass is 16.5. The van der Waals surface area contributed by atoms with Gasteiger partial charge >= 0.3 is 5.97 Å². The average Bonchev–Trinajstić information content (AvgIpc) is 2.97. The zero-order valence-corrected chi connectivity index (χ0v) is 11.9. The van der Waals surface area contributed by atoms with Crippen LogP contribution < -0.4 is 0 Å². The molecule has 6 heteroatoms. The average molecular weight is 292 g/mol. The van der Waals surface area contributed by atoms with Crippen molar-refractivity contribution in [1.82, 2.24) is 19.5 Å². The minimum atomic E-state index is -0.615. The predicted molar refractivity (Wildman–Crippen MR) is 79.8 cm³/mol. The van der Waals surface area contributed by atoms with Crippen LogP contribution in [0.4, 0.5) is 0 Å². The third-order valence-electron chi connectivity index (χ3n) is 3.07. The molecule has 108 valence electrons. The number of ether oxygens (including phenoxy) is 1. The Labute approximate surface area is 126 Å². The minimum absolute atomic E-state index is 0.405. The number of carbonyl (C=O) groups is 1. The van der Waals surface area contributed by atoms with E-state index in [2.05, 4.69) is 31.5 Å². The molecule has 0 fully saturated rings. The molecule has 0 amide bonds. The molecule has 0 aliphatic carbocycles. The maximum atomic E-state index is 11.1. The summed E-state index contributed by atoms with van der Waals surface area (Å²) in [5.74, 6) is 4.40. The van der Waals surface area contributed by atoms with Gasteiger partial charge < -0.3 is 9.30 Å². The van der Waals surface area contributed by atoms with Crippen LogP contribution in [0.5, 0.6) is 0 Å². The fraction of sp³-hybridized carbons (Fsp3) is 0.125. The Morgan fingerprint density at radius 3 is 2.82 bits per heavy atom. The Kier molecular flexibility index (Phi) is 3.79. The van der Waals surface area contributed by atoms with E-state index in [4.69, 9.17) is 0 Å². The van der Waals surface area contributed by atoms with Gasteiger partial charge in [-0.2, -0.15) is 0 Å². The monoisotopic (exact) mass is 292 g/mol. The Bertz CT molecular complexity index is 875. The van der Waals surface area contributed by atoms with Gasteiger partial charge in [-0.1, -0.05) is 30.3 Å². The van der Waals surface area contributed by atoms with Crippen molar-refractivity contribution in [2.45, 2.75) is 6.54 Å². The van der Waals surface area contributed by atoms with E-state index in [-0.39, 0.29) is 0 Å². The van der Waals surface area contributed by atoms with Crippen molar-refractivity contribution < 1.29 is 9.53 Å². The Morgan fingerprint density at radius 2 is 2.05 bits per heavy atom. The molecule has 0 saturated heterocycles. The Hall–Kier alpha value is -3.20. The lowest BCUT2D eigenvalue weighted by atomic mass is 10.2. The highest BCUT2D eigenvalue weighted by molar-refractivity contribution is 5.90. The summed E-state index contributed by atoms with van der Waals surface area (Å²) in [4.78, 5) is 23.7. The van der Waals surface area contributed by atoms with Gasteiger partial charge in [0.25, 0.3) is 0 Å². The second-order valence-electron chi connectivity index (χ2n) is 4.49. The molecule has 2 aromatic heterocycles. The molecule has 0 unspecified atom stereocenters. The summed E-state index contributed by atoms with van der Waals surface area (Å²) in [5.41, 5.74) is 2.78. The molecule has 0 bridgehead atoms. The molecule has 0 atom stereocenters. The van der Waals surface area contributed by atoms with Crippen LogP contribution in [-0.4, -0.2) is 32.6 Å². The van der Waals surface area contributed by atoms with Crippen LogP contribution in [0, 0.1) is 11.8 Å². The van der Waals surface area contributed by atoms with Crippen molar-refractivity contribution in [1.29, 1.82) is 0 Å². The number of rotatable bonds is 2. The summed E-state index contributed by atoms with van der Waals surface area (Å²) in [6, 6.07) is 10.0. The van der Waals surface area contributed by atoms with Crippen LogP contribution in [0.2, 0.25) is 0 Å².